The third-order valence-electron chi connectivity index (χ3n) is 2.23. The number of aromatic nitrogens is 2. The van der Waals surface area contributed by atoms with Crippen molar-refractivity contribution in [1.29, 1.82) is 0 Å². The number of H-pyrrole nitrogens is 1. The molecule has 0 bridgehead atoms. The van der Waals surface area contributed by atoms with Crippen LogP contribution < -0.4 is 10.5 Å². The Balaban J connectivity index is 2.35. The number of nitrogen functional groups attached to an aromatic ring is 1. The van der Waals surface area contributed by atoms with Crippen LogP contribution >= 0.6 is 0 Å². The molecule has 0 aliphatic heterocycles. The van der Waals surface area contributed by atoms with E-state index in [1.807, 2.05) is 0 Å². The number of hydrogen-bond acceptors (Lipinski definition) is 4. The fourth-order valence-electron chi connectivity index (χ4n) is 1.32. The van der Waals surface area contributed by atoms with Crippen LogP contribution in [0.2, 0.25) is 0 Å². The van der Waals surface area contributed by atoms with Crippen molar-refractivity contribution >= 4 is 21.5 Å². The molecule has 0 unspecified atom stereocenters. The first kappa shape index (κ1) is 11.5. The Morgan fingerprint density at radius 1 is 1.41 bits per heavy atom. The van der Waals surface area contributed by atoms with Crippen molar-refractivity contribution in [2.75, 3.05) is 10.5 Å². The van der Waals surface area contributed by atoms with E-state index >= 15 is 0 Å². The Morgan fingerprint density at radius 2 is 2.18 bits per heavy atom. The van der Waals surface area contributed by atoms with Gasteiger partial charge in [-0.15, -0.1) is 0 Å². The van der Waals surface area contributed by atoms with Gasteiger partial charge in [-0.2, -0.15) is 5.10 Å². The summed E-state index contributed by atoms with van der Waals surface area (Å²) in [6.45, 7) is 1.75. The standard InChI is InChI=1S/C10H12N4O2S/c1-7-6-12-13-10(7)14-17(15,16)9-4-2-3-8(11)5-9/h2-6H,11H2,1H3,(H2,12,13,14). The third-order valence-corrected chi connectivity index (χ3v) is 3.58. The average Bonchev–Trinajstić information content (AvgIpc) is 2.64. The largest absolute Gasteiger partial charge is 0.399 e. The van der Waals surface area contributed by atoms with Gasteiger partial charge < -0.3 is 5.73 Å². The van der Waals surface area contributed by atoms with Crippen molar-refractivity contribution in [1.82, 2.24) is 10.2 Å². The van der Waals surface area contributed by atoms with E-state index in [2.05, 4.69) is 14.9 Å². The van der Waals surface area contributed by atoms with Crippen molar-refractivity contribution < 1.29 is 8.42 Å². The van der Waals surface area contributed by atoms with Gasteiger partial charge in [0.15, 0.2) is 0 Å². The molecule has 2 aromatic rings. The fourth-order valence-corrected chi connectivity index (χ4v) is 2.47. The van der Waals surface area contributed by atoms with E-state index < -0.39 is 10.0 Å². The molecule has 0 radical (unpaired) electrons. The number of anilines is 2. The molecule has 90 valence electrons. The second kappa shape index (κ2) is 4.10. The minimum absolute atomic E-state index is 0.117. The van der Waals surface area contributed by atoms with E-state index in [4.69, 9.17) is 5.73 Å². The first-order valence-corrected chi connectivity index (χ1v) is 6.36. The smallest absolute Gasteiger partial charge is 0.263 e. The van der Waals surface area contributed by atoms with Crippen LogP contribution in [0.5, 0.6) is 0 Å². The summed E-state index contributed by atoms with van der Waals surface area (Å²) in [4.78, 5) is 0.117. The molecule has 0 saturated carbocycles. The number of aryl methyl sites for hydroxylation is 1. The maximum absolute atomic E-state index is 12.0. The molecule has 2 rings (SSSR count). The summed E-state index contributed by atoms with van der Waals surface area (Å²) in [6, 6.07) is 6.09. The third kappa shape index (κ3) is 2.39. The highest BCUT2D eigenvalue weighted by molar-refractivity contribution is 7.92. The van der Waals surface area contributed by atoms with E-state index in [0.717, 1.165) is 5.56 Å². The number of aromatic amines is 1. The topological polar surface area (TPSA) is 101 Å². The number of nitrogens with one attached hydrogen (secondary N) is 2. The molecule has 1 heterocycles. The van der Waals surface area contributed by atoms with Crippen LogP contribution in [-0.4, -0.2) is 18.6 Å². The first-order chi connectivity index (χ1) is 7.99. The van der Waals surface area contributed by atoms with Gasteiger partial charge in [-0.3, -0.25) is 9.82 Å². The number of benzene rings is 1. The summed E-state index contributed by atoms with van der Waals surface area (Å²) in [7, 11) is -3.63. The van der Waals surface area contributed by atoms with Gasteiger partial charge in [0.25, 0.3) is 10.0 Å². The van der Waals surface area contributed by atoms with Gasteiger partial charge in [0.1, 0.15) is 5.82 Å². The van der Waals surface area contributed by atoms with Crippen LogP contribution in [0.1, 0.15) is 5.56 Å². The Morgan fingerprint density at radius 3 is 2.76 bits per heavy atom. The summed E-state index contributed by atoms with van der Waals surface area (Å²) < 4.78 is 26.4. The minimum Gasteiger partial charge on any atom is -0.399 e. The van der Waals surface area contributed by atoms with E-state index in [-0.39, 0.29) is 4.90 Å². The van der Waals surface area contributed by atoms with Crippen LogP contribution in [-0.2, 0) is 10.0 Å². The second-order valence-electron chi connectivity index (χ2n) is 3.61. The fraction of sp³-hybridized carbons (Fsp3) is 0.100. The van der Waals surface area contributed by atoms with Crippen LogP contribution in [0, 0.1) is 6.92 Å². The average molecular weight is 252 g/mol. The lowest BCUT2D eigenvalue weighted by molar-refractivity contribution is 0.601. The number of nitrogens with two attached hydrogens (primary N) is 1. The predicted octanol–water partition coefficient (Wildman–Crippen LogP) is 1.10. The Kier molecular flexibility index (Phi) is 2.76. The van der Waals surface area contributed by atoms with Gasteiger partial charge in [-0.05, 0) is 25.1 Å². The molecular formula is C10H12N4O2S. The zero-order valence-corrected chi connectivity index (χ0v) is 9.95. The van der Waals surface area contributed by atoms with Gasteiger partial charge in [0.05, 0.1) is 11.1 Å². The molecule has 1 aromatic heterocycles. The molecule has 0 atom stereocenters. The van der Waals surface area contributed by atoms with Crippen molar-refractivity contribution in [2.24, 2.45) is 0 Å². The molecule has 6 nitrogen and oxygen atoms in total. The van der Waals surface area contributed by atoms with Crippen LogP contribution in [0.25, 0.3) is 0 Å². The predicted molar refractivity (Wildman–Crippen MR) is 65.0 cm³/mol. The molecule has 0 fully saturated rings. The van der Waals surface area contributed by atoms with Crippen LogP contribution in [0.3, 0.4) is 0 Å². The van der Waals surface area contributed by atoms with E-state index in [1.165, 1.54) is 18.3 Å². The maximum Gasteiger partial charge on any atom is 0.263 e. The Labute approximate surface area is 98.9 Å². The van der Waals surface area contributed by atoms with Gasteiger partial charge in [0, 0.05) is 11.3 Å². The summed E-state index contributed by atoms with van der Waals surface area (Å²) in [6.07, 6.45) is 1.54. The highest BCUT2D eigenvalue weighted by Gasteiger charge is 2.16. The summed E-state index contributed by atoms with van der Waals surface area (Å²) >= 11 is 0. The van der Waals surface area contributed by atoms with Gasteiger partial charge >= 0.3 is 0 Å². The highest BCUT2D eigenvalue weighted by atomic mass is 32.2. The van der Waals surface area contributed by atoms with Gasteiger partial charge in [0.2, 0.25) is 0 Å². The molecule has 4 N–H and O–H groups in total. The van der Waals surface area contributed by atoms with Gasteiger partial charge in [-0.25, -0.2) is 8.42 Å². The highest BCUT2D eigenvalue weighted by Crippen LogP contribution is 2.18. The van der Waals surface area contributed by atoms with E-state index in [0.29, 0.717) is 11.5 Å². The molecule has 0 saturated heterocycles. The molecule has 17 heavy (non-hydrogen) atoms. The lowest BCUT2D eigenvalue weighted by atomic mass is 10.3. The Hall–Kier alpha value is -2.02. The first-order valence-electron chi connectivity index (χ1n) is 4.87. The van der Waals surface area contributed by atoms with Crippen molar-refractivity contribution in [3.63, 3.8) is 0 Å². The molecule has 1 aromatic carbocycles. The summed E-state index contributed by atoms with van der Waals surface area (Å²) in [5.74, 6) is 0.354. The van der Waals surface area contributed by atoms with Crippen LogP contribution in [0.15, 0.2) is 35.4 Å². The summed E-state index contributed by atoms with van der Waals surface area (Å²) in [5.41, 5.74) is 6.66. The van der Waals surface area contributed by atoms with Crippen molar-refractivity contribution in [3.8, 4) is 0 Å². The van der Waals surface area contributed by atoms with Crippen molar-refractivity contribution in [3.05, 3.63) is 36.0 Å². The van der Waals surface area contributed by atoms with Gasteiger partial charge in [-0.1, -0.05) is 6.07 Å². The SMILES string of the molecule is Cc1cn[nH]c1NS(=O)(=O)c1cccc(N)c1. The monoisotopic (exact) mass is 252 g/mol. The minimum atomic E-state index is -3.63. The number of sulfonamides is 1. The molecule has 7 heteroatoms. The molecule has 0 spiro atoms. The lowest BCUT2D eigenvalue weighted by Gasteiger charge is -2.07. The van der Waals surface area contributed by atoms with E-state index in [1.54, 1.807) is 19.1 Å². The number of hydrogen-bond donors (Lipinski definition) is 3. The zero-order valence-electron chi connectivity index (χ0n) is 9.14. The molecular weight excluding hydrogens is 240 g/mol. The number of rotatable bonds is 3. The quantitative estimate of drug-likeness (QED) is 0.712. The van der Waals surface area contributed by atoms with Crippen LogP contribution in [0.4, 0.5) is 11.5 Å². The number of nitrogens with zero attached hydrogens (tertiary/aromatic N) is 1. The zero-order chi connectivity index (χ0) is 12.5. The molecule has 0 aliphatic carbocycles. The summed E-state index contributed by atoms with van der Waals surface area (Å²) in [5, 5.41) is 6.31. The maximum atomic E-state index is 12.0. The normalized spacial score (nSPS) is 11.4. The molecule has 0 amide bonds. The molecule has 0 aliphatic rings. The van der Waals surface area contributed by atoms with E-state index in [9.17, 15) is 8.42 Å². The Bertz CT molecular complexity index is 633. The second-order valence-corrected chi connectivity index (χ2v) is 5.29. The lowest BCUT2D eigenvalue weighted by Crippen LogP contribution is -2.14. The van der Waals surface area contributed by atoms with Crippen molar-refractivity contribution in [2.45, 2.75) is 11.8 Å².